The van der Waals surface area contributed by atoms with Crippen LogP contribution in [0.3, 0.4) is 0 Å². The second-order valence-corrected chi connectivity index (χ2v) is 5.96. The Balaban J connectivity index is 2.02. The molecule has 0 radical (unpaired) electrons. The summed E-state index contributed by atoms with van der Waals surface area (Å²) in [6.45, 7) is 3.42. The SMILES string of the molecule is CCOC(=O)C(CC)NC(=O)CN1C(=O)/C(=C/c2ccccc2)NC1=S. The second kappa shape index (κ2) is 9.10. The van der Waals surface area contributed by atoms with Crippen molar-refractivity contribution in [2.24, 2.45) is 0 Å². The number of rotatable bonds is 7. The van der Waals surface area contributed by atoms with E-state index in [2.05, 4.69) is 10.6 Å². The van der Waals surface area contributed by atoms with Gasteiger partial charge in [0.15, 0.2) is 5.11 Å². The van der Waals surface area contributed by atoms with Crippen LogP contribution in [-0.4, -0.2) is 47.0 Å². The Labute approximate surface area is 157 Å². The van der Waals surface area contributed by atoms with Crippen LogP contribution < -0.4 is 10.6 Å². The molecule has 1 heterocycles. The normalized spacial score (nSPS) is 16.4. The fourth-order valence-corrected chi connectivity index (χ4v) is 2.64. The van der Waals surface area contributed by atoms with Crippen molar-refractivity contribution in [3.05, 3.63) is 41.6 Å². The van der Waals surface area contributed by atoms with Crippen LogP contribution in [0.1, 0.15) is 25.8 Å². The summed E-state index contributed by atoms with van der Waals surface area (Å²) in [5, 5.41) is 5.53. The maximum Gasteiger partial charge on any atom is 0.328 e. The van der Waals surface area contributed by atoms with Crippen LogP contribution >= 0.6 is 12.2 Å². The fourth-order valence-electron chi connectivity index (χ4n) is 2.39. The monoisotopic (exact) mass is 375 g/mol. The number of amides is 2. The van der Waals surface area contributed by atoms with Crippen LogP contribution in [0, 0.1) is 0 Å². The summed E-state index contributed by atoms with van der Waals surface area (Å²) in [7, 11) is 0. The number of ether oxygens (including phenoxy) is 1. The van der Waals surface area contributed by atoms with Gasteiger partial charge in [0.25, 0.3) is 5.91 Å². The zero-order valence-corrected chi connectivity index (χ0v) is 15.5. The van der Waals surface area contributed by atoms with Gasteiger partial charge in [0.05, 0.1) is 6.61 Å². The van der Waals surface area contributed by atoms with E-state index in [4.69, 9.17) is 17.0 Å². The number of carbonyl (C=O) groups is 3. The number of hydrogen-bond donors (Lipinski definition) is 2. The van der Waals surface area contributed by atoms with E-state index < -0.39 is 23.8 Å². The molecule has 1 saturated heterocycles. The molecule has 0 spiro atoms. The lowest BCUT2D eigenvalue weighted by Crippen LogP contribution is -2.47. The Morgan fingerprint density at radius 3 is 2.62 bits per heavy atom. The third-order valence-corrected chi connectivity index (χ3v) is 4.01. The minimum Gasteiger partial charge on any atom is -0.464 e. The van der Waals surface area contributed by atoms with Crippen molar-refractivity contribution in [3.63, 3.8) is 0 Å². The van der Waals surface area contributed by atoms with Gasteiger partial charge in [0.1, 0.15) is 18.3 Å². The van der Waals surface area contributed by atoms with Crippen molar-refractivity contribution < 1.29 is 19.1 Å². The molecule has 26 heavy (non-hydrogen) atoms. The van der Waals surface area contributed by atoms with Crippen LogP contribution in [0.15, 0.2) is 36.0 Å². The molecule has 8 heteroatoms. The van der Waals surface area contributed by atoms with Crippen molar-refractivity contribution in [1.82, 2.24) is 15.5 Å². The fraction of sp³-hybridized carbons (Fsp3) is 0.333. The Morgan fingerprint density at radius 1 is 1.31 bits per heavy atom. The van der Waals surface area contributed by atoms with Crippen molar-refractivity contribution in [2.75, 3.05) is 13.2 Å². The molecule has 2 N–H and O–H groups in total. The van der Waals surface area contributed by atoms with Gasteiger partial charge >= 0.3 is 5.97 Å². The molecule has 1 fully saturated rings. The Kier molecular flexibility index (Phi) is 6.85. The van der Waals surface area contributed by atoms with Crippen LogP contribution in [0.2, 0.25) is 0 Å². The van der Waals surface area contributed by atoms with E-state index in [-0.39, 0.29) is 18.3 Å². The van der Waals surface area contributed by atoms with Crippen molar-refractivity contribution in [2.45, 2.75) is 26.3 Å². The van der Waals surface area contributed by atoms with Crippen molar-refractivity contribution >= 4 is 41.2 Å². The third-order valence-electron chi connectivity index (χ3n) is 3.69. The van der Waals surface area contributed by atoms with Gasteiger partial charge in [0, 0.05) is 0 Å². The molecule has 1 aromatic carbocycles. The standard InChI is InChI=1S/C18H21N3O4S/c1-3-13(17(24)25-4-2)19-15(22)11-21-16(23)14(20-18(21)26)10-12-8-6-5-7-9-12/h5-10,13H,3-4,11H2,1-2H3,(H,19,22)(H,20,26)/b14-10-. The molecule has 0 saturated carbocycles. The molecule has 1 aromatic rings. The Morgan fingerprint density at radius 2 is 2.00 bits per heavy atom. The highest BCUT2D eigenvalue weighted by molar-refractivity contribution is 7.80. The highest BCUT2D eigenvalue weighted by Gasteiger charge is 2.33. The lowest BCUT2D eigenvalue weighted by molar-refractivity contribution is -0.147. The molecule has 1 aliphatic heterocycles. The molecule has 2 rings (SSSR count). The summed E-state index contributed by atoms with van der Waals surface area (Å²) in [5.74, 6) is -1.37. The smallest absolute Gasteiger partial charge is 0.328 e. The molecule has 1 atom stereocenters. The maximum atomic E-state index is 12.5. The van der Waals surface area contributed by atoms with Gasteiger partial charge in [-0.2, -0.15) is 0 Å². The molecule has 0 aromatic heterocycles. The van der Waals surface area contributed by atoms with Crippen LogP contribution in [0.5, 0.6) is 0 Å². The summed E-state index contributed by atoms with van der Waals surface area (Å²) in [6, 6.07) is 8.55. The first kappa shape index (κ1) is 19.6. The van der Waals surface area contributed by atoms with Crippen LogP contribution in [-0.2, 0) is 19.1 Å². The first-order chi connectivity index (χ1) is 12.5. The number of esters is 1. The van der Waals surface area contributed by atoms with E-state index in [0.717, 1.165) is 10.5 Å². The molecule has 1 aliphatic rings. The van der Waals surface area contributed by atoms with E-state index in [0.29, 0.717) is 12.1 Å². The molecule has 1 unspecified atom stereocenters. The molecule has 138 valence electrons. The minimum atomic E-state index is -0.749. The topological polar surface area (TPSA) is 87.7 Å². The predicted molar refractivity (Wildman–Crippen MR) is 101 cm³/mol. The third kappa shape index (κ3) is 4.89. The average molecular weight is 375 g/mol. The molecule has 0 bridgehead atoms. The zero-order valence-electron chi connectivity index (χ0n) is 14.7. The second-order valence-electron chi connectivity index (χ2n) is 5.57. The van der Waals surface area contributed by atoms with Gasteiger partial charge in [-0.05, 0) is 37.2 Å². The van der Waals surface area contributed by atoms with E-state index in [1.54, 1.807) is 19.9 Å². The van der Waals surface area contributed by atoms with Gasteiger partial charge in [-0.25, -0.2) is 4.79 Å². The molecule has 7 nitrogen and oxygen atoms in total. The molecular formula is C18H21N3O4S. The lowest BCUT2D eigenvalue weighted by Gasteiger charge is -2.18. The maximum absolute atomic E-state index is 12.5. The minimum absolute atomic E-state index is 0.150. The number of thiocarbonyl (C=S) groups is 1. The van der Waals surface area contributed by atoms with E-state index in [1.807, 2.05) is 30.3 Å². The van der Waals surface area contributed by atoms with Crippen LogP contribution in [0.25, 0.3) is 6.08 Å². The van der Waals surface area contributed by atoms with Crippen molar-refractivity contribution in [1.29, 1.82) is 0 Å². The van der Waals surface area contributed by atoms with E-state index >= 15 is 0 Å². The largest absolute Gasteiger partial charge is 0.464 e. The van der Waals surface area contributed by atoms with Crippen molar-refractivity contribution in [3.8, 4) is 0 Å². The lowest BCUT2D eigenvalue weighted by atomic mass is 10.2. The Hall–Kier alpha value is -2.74. The quantitative estimate of drug-likeness (QED) is 0.423. The predicted octanol–water partition coefficient (Wildman–Crippen LogP) is 1.20. The Bertz CT molecular complexity index is 733. The first-order valence-corrected chi connectivity index (χ1v) is 8.72. The highest BCUT2D eigenvalue weighted by Crippen LogP contribution is 2.14. The first-order valence-electron chi connectivity index (χ1n) is 8.31. The summed E-state index contributed by atoms with van der Waals surface area (Å²) in [5.41, 5.74) is 1.14. The summed E-state index contributed by atoms with van der Waals surface area (Å²) in [4.78, 5) is 37.6. The number of nitrogens with one attached hydrogen (secondary N) is 2. The average Bonchev–Trinajstić information content (AvgIpc) is 2.88. The van der Waals surface area contributed by atoms with Gasteiger partial charge in [-0.3, -0.25) is 14.5 Å². The zero-order chi connectivity index (χ0) is 19.1. The molecule has 2 amide bonds. The van der Waals surface area contributed by atoms with E-state index in [1.165, 1.54) is 0 Å². The molecule has 0 aliphatic carbocycles. The number of nitrogens with zero attached hydrogens (tertiary/aromatic N) is 1. The van der Waals surface area contributed by atoms with Gasteiger partial charge < -0.3 is 15.4 Å². The van der Waals surface area contributed by atoms with E-state index in [9.17, 15) is 14.4 Å². The van der Waals surface area contributed by atoms with Gasteiger partial charge in [-0.15, -0.1) is 0 Å². The number of hydrogen-bond acceptors (Lipinski definition) is 5. The summed E-state index contributed by atoms with van der Waals surface area (Å²) < 4.78 is 4.91. The summed E-state index contributed by atoms with van der Waals surface area (Å²) in [6.07, 6.45) is 2.06. The highest BCUT2D eigenvalue weighted by atomic mass is 32.1. The number of benzene rings is 1. The van der Waals surface area contributed by atoms with Gasteiger partial charge in [0.2, 0.25) is 5.91 Å². The summed E-state index contributed by atoms with van der Waals surface area (Å²) >= 11 is 5.15. The number of carbonyl (C=O) groups excluding carboxylic acids is 3. The van der Waals surface area contributed by atoms with Gasteiger partial charge in [-0.1, -0.05) is 37.3 Å². The molecular weight excluding hydrogens is 354 g/mol. The van der Waals surface area contributed by atoms with Crippen LogP contribution in [0.4, 0.5) is 0 Å².